The predicted molar refractivity (Wildman–Crippen MR) is 58.0 cm³/mol. The zero-order chi connectivity index (χ0) is 10.9. The van der Waals surface area contributed by atoms with Crippen LogP contribution in [0.5, 0.6) is 0 Å². The van der Waals surface area contributed by atoms with Crippen LogP contribution in [-0.2, 0) is 18.6 Å². The van der Waals surface area contributed by atoms with Crippen molar-refractivity contribution in [1.82, 2.24) is 0 Å². The second-order valence-electron chi connectivity index (χ2n) is 2.62. The van der Waals surface area contributed by atoms with Crippen molar-refractivity contribution >= 4 is 9.76 Å². The van der Waals surface area contributed by atoms with Crippen LogP contribution in [0.15, 0.2) is 0 Å². The number of hydrogen-bond acceptors (Lipinski definition) is 4. The Balaban J connectivity index is 4.21. The summed E-state index contributed by atoms with van der Waals surface area (Å²) in [6, 6.07) is 0. The lowest BCUT2D eigenvalue weighted by Gasteiger charge is -2.31. The fraction of sp³-hybridized carbons (Fsp3) is 1.00. The molecule has 0 saturated heterocycles. The summed E-state index contributed by atoms with van der Waals surface area (Å²) in [5, 5.41) is 0. The lowest BCUT2D eigenvalue weighted by atomic mass is 10.5. The third kappa shape index (κ3) is 5.07. The Labute approximate surface area is 88.8 Å². The molecule has 0 bridgehead atoms. The normalized spacial score (nSPS) is 12.9. The summed E-state index contributed by atoms with van der Waals surface area (Å²) >= 11 is 0. The van der Waals surface area contributed by atoms with E-state index in [1.807, 2.05) is 20.8 Å². The minimum Gasteiger partial charge on any atom is -0.416 e. The van der Waals surface area contributed by atoms with E-state index in [1.54, 1.807) is 0 Å². The van der Waals surface area contributed by atoms with Crippen molar-refractivity contribution in [1.29, 1.82) is 0 Å². The van der Waals surface area contributed by atoms with Crippen LogP contribution in [0, 0.1) is 0 Å². The zero-order valence-electron chi connectivity index (χ0n) is 9.67. The molecule has 0 unspecified atom stereocenters. The van der Waals surface area contributed by atoms with E-state index in [4.69, 9.17) is 18.6 Å². The third-order valence-electron chi connectivity index (χ3n) is 1.58. The summed E-state index contributed by atoms with van der Waals surface area (Å²) in [6.07, 6.45) is 0. The first kappa shape index (κ1) is 14.1. The Kier molecular flexibility index (Phi) is 8.41. The molecule has 0 heterocycles. The number of ether oxygens (including phenoxy) is 3. The summed E-state index contributed by atoms with van der Waals surface area (Å²) in [4.78, 5) is 0. The maximum absolute atomic E-state index is 5.47. The van der Waals surface area contributed by atoms with Crippen molar-refractivity contribution < 1.29 is 18.6 Å². The van der Waals surface area contributed by atoms with Gasteiger partial charge in [-0.1, -0.05) is 6.55 Å². The van der Waals surface area contributed by atoms with Gasteiger partial charge in [0.2, 0.25) is 0 Å². The average molecular weight is 222 g/mol. The van der Waals surface area contributed by atoms with Crippen LogP contribution in [0.3, 0.4) is 0 Å². The topological polar surface area (TPSA) is 36.9 Å². The molecule has 5 heteroatoms. The smallest absolute Gasteiger partial charge is 0.306 e. The van der Waals surface area contributed by atoms with E-state index in [0.717, 1.165) is 0 Å². The Morgan fingerprint density at radius 3 is 1.64 bits per heavy atom. The largest absolute Gasteiger partial charge is 0.416 e. The SMILES string of the molecule is CCOC(CO[SiH2]C)(OCC)OCC. The van der Waals surface area contributed by atoms with Crippen molar-refractivity contribution in [2.75, 3.05) is 26.4 Å². The minimum absolute atomic E-state index is 0.366. The molecular formula is C9H22O4Si. The van der Waals surface area contributed by atoms with Crippen LogP contribution in [-0.4, -0.2) is 42.2 Å². The molecule has 0 aliphatic heterocycles. The van der Waals surface area contributed by atoms with E-state index >= 15 is 0 Å². The first-order valence-corrected chi connectivity index (χ1v) is 7.23. The highest BCUT2D eigenvalue weighted by atomic mass is 28.2. The van der Waals surface area contributed by atoms with Gasteiger partial charge in [-0.2, -0.15) is 0 Å². The Morgan fingerprint density at radius 2 is 1.36 bits per heavy atom. The maximum atomic E-state index is 5.47. The fourth-order valence-corrected chi connectivity index (χ4v) is 1.59. The standard InChI is InChI=1S/C9H22O4Si/c1-5-10-9(11-6-2,12-7-3)8-13-14-4/h5-8,14H2,1-4H3. The van der Waals surface area contributed by atoms with Crippen LogP contribution in [0.1, 0.15) is 20.8 Å². The molecule has 0 N–H and O–H groups in total. The van der Waals surface area contributed by atoms with Gasteiger partial charge in [-0.05, 0) is 20.8 Å². The molecule has 4 nitrogen and oxygen atoms in total. The summed E-state index contributed by atoms with van der Waals surface area (Å²) in [6.45, 7) is 9.82. The molecule has 0 spiro atoms. The molecule has 0 rings (SSSR count). The van der Waals surface area contributed by atoms with Gasteiger partial charge < -0.3 is 18.6 Å². The molecule has 0 fully saturated rings. The Bertz CT molecular complexity index is 115. The van der Waals surface area contributed by atoms with Crippen LogP contribution in [0.4, 0.5) is 0 Å². The molecule has 0 aromatic carbocycles. The molecule has 0 saturated carbocycles. The predicted octanol–water partition coefficient (Wildman–Crippen LogP) is 0.898. The molecule has 0 radical (unpaired) electrons. The van der Waals surface area contributed by atoms with E-state index in [0.29, 0.717) is 26.4 Å². The van der Waals surface area contributed by atoms with Crippen molar-refractivity contribution in [3.05, 3.63) is 0 Å². The van der Waals surface area contributed by atoms with E-state index < -0.39 is 15.7 Å². The van der Waals surface area contributed by atoms with Gasteiger partial charge in [0.25, 0.3) is 0 Å². The van der Waals surface area contributed by atoms with Gasteiger partial charge in [-0.3, -0.25) is 0 Å². The summed E-state index contributed by atoms with van der Waals surface area (Å²) in [5.74, 6) is -0.985. The lowest BCUT2D eigenvalue weighted by molar-refractivity contribution is -0.385. The first-order valence-electron chi connectivity index (χ1n) is 5.24. The van der Waals surface area contributed by atoms with Crippen LogP contribution in [0.25, 0.3) is 0 Å². The van der Waals surface area contributed by atoms with E-state index in [-0.39, 0.29) is 0 Å². The van der Waals surface area contributed by atoms with Crippen molar-refractivity contribution in [3.63, 3.8) is 0 Å². The molecule has 86 valence electrons. The van der Waals surface area contributed by atoms with Crippen LogP contribution in [0.2, 0.25) is 6.55 Å². The monoisotopic (exact) mass is 222 g/mol. The molecule has 0 aromatic rings. The van der Waals surface area contributed by atoms with E-state index in [2.05, 4.69) is 6.55 Å². The Hall–Kier alpha value is 0.0569. The third-order valence-corrected chi connectivity index (χ3v) is 2.19. The van der Waals surface area contributed by atoms with Gasteiger partial charge in [-0.25, -0.2) is 0 Å². The highest BCUT2D eigenvalue weighted by Crippen LogP contribution is 2.16. The fourth-order valence-electron chi connectivity index (χ4n) is 1.14. The van der Waals surface area contributed by atoms with Crippen LogP contribution < -0.4 is 0 Å². The summed E-state index contributed by atoms with van der Waals surface area (Å²) in [5.41, 5.74) is 0. The summed E-state index contributed by atoms with van der Waals surface area (Å²) < 4.78 is 21.8. The number of hydrogen-bond donors (Lipinski definition) is 0. The first-order chi connectivity index (χ1) is 6.74. The molecule has 14 heavy (non-hydrogen) atoms. The van der Waals surface area contributed by atoms with Crippen molar-refractivity contribution in [3.8, 4) is 0 Å². The number of rotatable bonds is 9. The van der Waals surface area contributed by atoms with Crippen LogP contribution >= 0.6 is 0 Å². The van der Waals surface area contributed by atoms with E-state index in [1.165, 1.54) is 0 Å². The van der Waals surface area contributed by atoms with Gasteiger partial charge in [0.1, 0.15) is 6.61 Å². The summed E-state index contributed by atoms with van der Waals surface area (Å²) in [7, 11) is -0.457. The average Bonchev–Trinajstić information content (AvgIpc) is 2.16. The second kappa shape index (κ2) is 8.37. The van der Waals surface area contributed by atoms with E-state index in [9.17, 15) is 0 Å². The maximum Gasteiger partial charge on any atom is 0.306 e. The van der Waals surface area contributed by atoms with Gasteiger partial charge in [0.05, 0.1) is 0 Å². The van der Waals surface area contributed by atoms with Gasteiger partial charge in [0, 0.05) is 19.8 Å². The van der Waals surface area contributed by atoms with Gasteiger partial charge >= 0.3 is 5.97 Å². The highest BCUT2D eigenvalue weighted by Gasteiger charge is 2.32. The van der Waals surface area contributed by atoms with Gasteiger partial charge in [-0.15, -0.1) is 0 Å². The molecule has 0 amide bonds. The van der Waals surface area contributed by atoms with Gasteiger partial charge in [0.15, 0.2) is 9.76 Å². The highest BCUT2D eigenvalue weighted by molar-refractivity contribution is 6.24. The molecule has 0 aliphatic rings. The van der Waals surface area contributed by atoms with Crippen molar-refractivity contribution in [2.45, 2.75) is 33.3 Å². The molecular weight excluding hydrogens is 200 g/mol. The zero-order valence-corrected chi connectivity index (χ0v) is 11.1. The minimum atomic E-state index is -0.985. The molecule has 0 aromatic heterocycles. The van der Waals surface area contributed by atoms with Crippen molar-refractivity contribution in [2.24, 2.45) is 0 Å². The lowest BCUT2D eigenvalue weighted by Crippen LogP contribution is -2.44. The molecule has 0 atom stereocenters. The Morgan fingerprint density at radius 1 is 0.929 bits per heavy atom. The molecule has 0 aliphatic carbocycles. The quantitative estimate of drug-likeness (QED) is 0.429. The second-order valence-corrected chi connectivity index (χ2v) is 3.60.